The van der Waals surface area contributed by atoms with Crippen LogP contribution in [-0.2, 0) is 6.61 Å². The molecule has 0 aliphatic heterocycles. The first-order valence-electron chi connectivity index (χ1n) is 4.90. The molecule has 0 unspecified atom stereocenters. The van der Waals surface area contributed by atoms with Gasteiger partial charge in [-0.1, -0.05) is 19.9 Å². The van der Waals surface area contributed by atoms with Crippen LogP contribution < -0.4 is 4.90 Å². The molecular formula is C11H15N2O3. The van der Waals surface area contributed by atoms with Crippen LogP contribution >= 0.6 is 0 Å². The van der Waals surface area contributed by atoms with Crippen LogP contribution in [0, 0.1) is 5.92 Å². The van der Waals surface area contributed by atoms with Crippen LogP contribution in [0.1, 0.15) is 19.4 Å². The molecule has 1 rings (SSSR count). The fraction of sp³-hybridized carbons (Fsp3) is 0.364. The van der Waals surface area contributed by atoms with E-state index in [-0.39, 0.29) is 6.61 Å². The van der Waals surface area contributed by atoms with Gasteiger partial charge in [-0.15, -0.1) is 0 Å². The standard InChI is InChI=1S/C11H15N2O3/c1-8(2)6-13(11(15)16)10-4-3-9(7-14)5-12-10/h3-5,14H,6-7H2,1-2H3,(H,15,16). The number of hydrogen-bond acceptors (Lipinski definition) is 3. The van der Waals surface area contributed by atoms with Crippen molar-refractivity contribution in [2.45, 2.75) is 20.5 Å². The summed E-state index contributed by atoms with van der Waals surface area (Å²) in [5.41, 5.74) is 0.659. The van der Waals surface area contributed by atoms with Crippen molar-refractivity contribution >= 4 is 11.9 Å². The molecule has 0 bridgehead atoms. The van der Waals surface area contributed by atoms with Gasteiger partial charge in [0.2, 0.25) is 0 Å². The first-order valence-corrected chi connectivity index (χ1v) is 4.90. The van der Waals surface area contributed by atoms with Crippen molar-refractivity contribution in [3.8, 4) is 0 Å². The highest BCUT2D eigenvalue weighted by molar-refractivity contribution is 5.84. The van der Waals surface area contributed by atoms with Gasteiger partial charge in [0.1, 0.15) is 5.82 Å². The normalized spacial score (nSPS) is 10.5. The van der Waals surface area contributed by atoms with Crippen LogP contribution in [0.25, 0.3) is 0 Å². The fourth-order valence-electron chi connectivity index (χ4n) is 1.23. The van der Waals surface area contributed by atoms with Gasteiger partial charge in [-0.25, -0.2) is 9.78 Å². The highest BCUT2D eigenvalue weighted by Gasteiger charge is 2.16. The Bertz CT molecular complexity index is 349. The Morgan fingerprint density at radius 1 is 1.44 bits per heavy atom. The number of nitrogens with zero attached hydrogens (tertiary/aromatic N) is 2. The molecule has 0 spiro atoms. The third-order valence-electron chi connectivity index (χ3n) is 1.97. The zero-order chi connectivity index (χ0) is 12.1. The van der Waals surface area contributed by atoms with Crippen molar-refractivity contribution < 1.29 is 15.0 Å². The molecular weight excluding hydrogens is 208 g/mol. The Morgan fingerprint density at radius 2 is 2.12 bits per heavy atom. The zero-order valence-corrected chi connectivity index (χ0v) is 9.34. The lowest BCUT2D eigenvalue weighted by Crippen LogP contribution is -2.32. The topological polar surface area (TPSA) is 73.7 Å². The number of anilines is 1. The number of hydrogen-bond donors (Lipinski definition) is 2. The van der Waals surface area contributed by atoms with Crippen LogP contribution in [-0.4, -0.2) is 27.8 Å². The van der Waals surface area contributed by atoms with Gasteiger partial charge in [-0.05, 0) is 17.5 Å². The Hall–Kier alpha value is -1.62. The van der Waals surface area contributed by atoms with E-state index in [0.717, 1.165) is 10.8 Å². The van der Waals surface area contributed by atoms with Gasteiger partial charge in [0.25, 0.3) is 0 Å². The summed E-state index contributed by atoms with van der Waals surface area (Å²) in [6.07, 6.45) is 0.432. The predicted octanol–water partition coefficient (Wildman–Crippen LogP) is 1.67. The lowest BCUT2D eigenvalue weighted by molar-refractivity contribution is 0.202. The van der Waals surface area contributed by atoms with Crippen molar-refractivity contribution in [2.75, 3.05) is 11.4 Å². The molecule has 0 aliphatic carbocycles. The number of carbonyl (C=O) groups is 1. The van der Waals surface area contributed by atoms with Crippen LogP contribution in [0.5, 0.6) is 0 Å². The van der Waals surface area contributed by atoms with Crippen molar-refractivity contribution in [3.05, 3.63) is 29.8 Å². The van der Waals surface area contributed by atoms with Crippen LogP contribution in [0.4, 0.5) is 10.6 Å². The van der Waals surface area contributed by atoms with Gasteiger partial charge in [-0.2, -0.15) is 0 Å². The fourth-order valence-corrected chi connectivity index (χ4v) is 1.23. The molecule has 1 aromatic rings. The van der Waals surface area contributed by atoms with Crippen molar-refractivity contribution in [1.29, 1.82) is 0 Å². The lowest BCUT2D eigenvalue weighted by atomic mass is 10.2. The Labute approximate surface area is 94.4 Å². The zero-order valence-electron chi connectivity index (χ0n) is 9.34. The van der Waals surface area contributed by atoms with Crippen LogP contribution in [0.2, 0.25) is 0 Å². The molecule has 5 nitrogen and oxygen atoms in total. The predicted molar refractivity (Wildman–Crippen MR) is 60.1 cm³/mol. The smallest absolute Gasteiger partial charge is 0.413 e. The molecule has 87 valence electrons. The molecule has 2 N–H and O–H groups in total. The second kappa shape index (κ2) is 5.46. The highest BCUT2D eigenvalue weighted by Crippen LogP contribution is 2.14. The van der Waals surface area contributed by atoms with E-state index in [1.807, 2.05) is 13.8 Å². The Balaban J connectivity index is 2.88. The van der Waals surface area contributed by atoms with E-state index in [1.165, 1.54) is 6.20 Å². The summed E-state index contributed by atoms with van der Waals surface area (Å²) in [5.74, 6) is 1.35. The minimum atomic E-state index is -1.04. The second-order valence-corrected chi connectivity index (χ2v) is 3.76. The molecule has 0 atom stereocenters. The minimum Gasteiger partial charge on any atom is -0.465 e. The number of pyridine rings is 1. The van der Waals surface area contributed by atoms with E-state index in [9.17, 15) is 4.79 Å². The van der Waals surface area contributed by atoms with Gasteiger partial charge in [0, 0.05) is 12.7 Å². The molecule has 5 heteroatoms. The molecule has 0 aromatic carbocycles. The first kappa shape index (κ1) is 12.4. The van der Waals surface area contributed by atoms with E-state index in [1.54, 1.807) is 12.1 Å². The maximum absolute atomic E-state index is 11.0. The minimum absolute atomic E-state index is 0.0979. The summed E-state index contributed by atoms with van der Waals surface area (Å²) in [6, 6.07) is 3.24. The molecule has 1 radical (unpaired) electrons. The summed E-state index contributed by atoms with van der Waals surface area (Å²) >= 11 is 0. The first-order chi connectivity index (χ1) is 7.54. The summed E-state index contributed by atoms with van der Waals surface area (Å²) < 4.78 is 0. The summed E-state index contributed by atoms with van der Waals surface area (Å²) in [4.78, 5) is 16.2. The number of aliphatic hydroxyl groups excluding tert-OH is 1. The largest absolute Gasteiger partial charge is 0.465 e. The lowest BCUT2D eigenvalue weighted by Gasteiger charge is -2.19. The Morgan fingerprint density at radius 3 is 2.50 bits per heavy atom. The average molecular weight is 223 g/mol. The van der Waals surface area contributed by atoms with Gasteiger partial charge >= 0.3 is 6.09 Å². The monoisotopic (exact) mass is 223 g/mol. The molecule has 0 saturated heterocycles. The maximum Gasteiger partial charge on any atom is 0.413 e. The number of carboxylic acid groups (broad SMARTS) is 1. The van der Waals surface area contributed by atoms with E-state index in [2.05, 4.69) is 4.98 Å². The molecule has 1 heterocycles. The third kappa shape index (κ3) is 3.20. The van der Waals surface area contributed by atoms with E-state index in [0.29, 0.717) is 17.9 Å². The van der Waals surface area contributed by atoms with Gasteiger partial charge in [0.15, 0.2) is 0 Å². The summed E-state index contributed by atoms with van der Waals surface area (Å²) in [7, 11) is 0. The maximum atomic E-state index is 11.0. The Kier molecular flexibility index (Phi) is 4.25. The number of aliphatic hydroxyl groups is 1. The number of amides is 1. The summed E-state index contributed by atoms with van der Waals surface area (Å²) in [5, 5.41) is 17.9. The number of rotatable bonds is 4. The van der Waals surface area contributed by atoms with Gasteiger partial charge < -0.3 is 10.2 Å². The molecule has 0 saturated carbocycles. The molecule has 16 heavy (non-hydrogen) atoms. The third-order valence-corrected chi connectivity index (χ3v) is 1.97. The van der Waals surface area contributed by atoms with Crippen molar-refractivity contribution in [1.82, 2.24) is 4.98 Å². The van der Waals surface area contributed by atoms with Crippen molar-refractivity contribution in [3.63, 3.8) is 0 Å². The van der Waals surface area contributed by atoms with Gasteiger partial charge in [0.05, 0.1) is 6.61 Å². The van der Waals surface area contributed by atoms with Crippen LogP contribution in [0.3, 0.4) is 0 Å². The van der Waals surface area contributed by atoms with Crippen molar-refractivity contribution in [2.24, 2.45) is 0 Å². The molecule has 1 aromatic heterocycles. The molecule has 0 aliphatic rings. The quantitative estimate of drug-likeness (QED) is 0.814. The molecule has 1 amide bonds. The van der Waals surface area contributed by atoms with E-state index < -0.39 is 6.09 Å². The van der Waals surface area contributed by atoms with Crippen LogP contribution in [0.15, 0.2) is 18.3 Å². The SMILES string of the molecule is C[C](C)CN(C(=O)O)c1ccc(CO)cn1. The van der Waals surface area contributed by atoms with E-state index in [4.69, 9.17) is 10.2 Å². The second-order valence-electron chi connectivity index (χ2n) is 3.76. The molecule has 0 fully saturated rings. The highest BCUT2D eigenvalue weighted by atomic mass is 16.4. The van der Waals surface area contributed by atoms with Gasteiger partial charge in [-0.3, -0.25) is 4.90 Å². The average Bonchev–Trinajstić information content (AvgIpc) is 2.25. The summed E-state index contributed by atoms with van der Waals surface area (Å²) in [6.45, 7) is 3.94. The van der Waals surface area contributed by atoms with E-state index >= 15 is 0 Å². The number of aromatic nitrogens is 1.